The largest absolute Gasteiger partial charge is 0.382 e. The Morgan fingerprint density at radius 1 is 1.21 bits per heavy atom. The number of rotatable bonds is 4. The van der Waals surface area contributed by atoms with Gasteiger partial charge in [-0.05, 0) is 36.8 Å². The number of hydrogen-bond acceptors (Lipinski definition) is 5. The fourth-order valence-electron chi connectivity index (χ4n) is 3.78. The van der Waals surface area contributed by atoms with E-state index >= 15 is 0 Å². The zero-order chi connectivity index (χ0) is 19.4. The second-order valence-corrected chi connectivity index (χ2v) is 8.74. The lowest BCUT2D eigenvalue weighted by Crippen LogP contribution is -2.55. The van der Waals surface area contributed by atoms with Gasteiger partial charge in [0.05, 0.1) is 16.1 Å². The SMILES string of the molecule is CCc1[nH]c2cc(Sc3ccc4c(N)n[nH]c4c3)cc(N3CC(N)C3)c2c1Cl. The third kappa shape index (κ3) is 2.82. The van der Waals surface area contributed by atoms with Crippen molar-refractivity contribution in [1.29, 1.82) is 0 Å². The Morgan fingerprint density at radius 3 is 2.75 bits per heavy atom. The maximum absolute atomic E-state index is 6.69. The summed E-state index contributed by atoms with van der Waals surface area (Å²) in [5.74, 6) is 0.525. The van der Waals surface area contributed by atoms with Crippen molar-refractivity contribution in [3.63, 3.8) is 0 Å². The van der Waals surface area contributed by atoms with E-state index in [4.69, 9.17) is 23.1 Å². The molecule has 2 aromatic heterocycles. The average Bonchev–Trinajstić information content (AvgIpc) is 3.18. The minimum atomic E-state index is 0.225. The summed E-state index contributed by atoms with van der Waals surface area (Å²) in [6.45, 7) is 3.81. The lowest BCUT2D eigenvalue weighted by Gasteiger charge is -2.39. The van der Waals surface area contributed by atoms with Gasteiger partial charge in [0.25, 0.3) is 0 Å². The monoisotopic (exact) mass is 412 g/mol. The minimum Gasteiger partial charge on any atom is -0.382 e. The number of H-pyrrole nitrogens is 2. The quantitative estimate of drug-likeness (QED) is 0.403. The highest BCUT2D eigenvalue weighted by Crippen LogP contribution is 2.42. The van der Waals surface area contributed by atoms with E-state index in [1.54, 1.807) is 11.8 Å². The molecule has 8 heteroatoms. The number of fused-ring (bicyclic) bond motifs is 2. The Hall–Kier alpha value is -2.35. The fourth-order valence-corrected chi connectivity index (χ4v) is 5.09. The molecule has 0 bridgehead atoms. The van der Waals surface area contributed by atoms with Gasteiger partial charge >= 0.3 is 0 Å². The van der Waals surface area contributed by atoms with Gasteiger partial charge in [0.2, 0.25) is 0 Å². The van der Waals surface area contributed by atoms with Crippen molar-refractivity contribution >= 4 is 56.7 Å². The van der Waals surface area contributed by atoms with E-state index in [1.807, 2.05) is 6.07 Å². The third-order valence-electron chi connectivity index (χ3n) is 5.26. The molecule has 0 amide bonds. The molecule has 0 saturated carbocycles. The van der Waals surface area contributed by atoms with Crippen molar-refractivity contribution in [1.82, 2.24) is 15.2 Å². The van der Waals surface area contributed by atoms with Crippen LogP contribution in [-0.2, 0) is 6.42 Å². The second-order valence-electron chi connectivity index (χ2n) is 7.22. The molecule has 0 unspecified atom stereocenters. The molecule has 1 aliphatic rings. The zero-order valence-electron chi connectivity index (χ0n) is 15.4. The highest BCUT2D eigenvalue weighted by molar-refractivity contribution is 7.99. The average molecular weight is 413 g/mol. The number of benzene rings is 2. The minimum absolute atomic E-state index is 0.225. The first-order valence-electron chi connectivity index (χ1n) is 9.29. The number of nitrogens with zero attached hydrogens (tertiary/aromatic N) is 2. The summed E-state index contributed by atoms with van der Waals surface area (Å²) in [6, 6.07) is 10.8. The van der Waals surface area contributed by atoms with Crippen LogP contribution in [0, 0.1) is 0 Å². The van der Waals surface area contributed by atoms with Crippen LogP contribution in [0.15, 0.2) is 40.1 Å². The molecule has 2 aromatic carbocycles. The zero-order valence-corrected chi connectivity index (χ0v) is 17.0. The molecule has 1 fully saturated rings. The molecule has 0 spiro atoms. The van der Waals surface area contributed by atoms with Crippen LogP contribution in [0.4, 0.5) is 11.5 Å². The van der Waals surface area contributed by atoms with Gasteiger partial charge in [-0.25, -0.2) is 0 Å². The van der Waals surface area contributed by atoms with Gasteiger partial charge < -0.3 is 21.4 Å². The van der Waals surface area contributed by atoms with Crippen LogP contribution in [-0.4, -0.2) is 34.3 Å². The Bertz CT molecular complexity index is 1190. The van der Waals surface area contributed by atoms with Crippen LogP contribution in [0.3, 0.4) is 0 Å². The number of aryl methyl sites for hydroxylation is 1. The number of hydrogen-bond donors (Lipinski definition) is 4. The first-order chi connectivity index (χ1) is 13.5. The molecule has 28 heavy (non-hydrogen) atoms. The van der Waals surface area contributed by atoms with Gasteiger partial charge in [0.15, 0.2) is 5.82 Å². The fraction of sp³-hybridized carbons (Fsp3) is 0.250. The molecule has 0 radical (unpaired) electrons. The standard InChI is InChI=1S/C20H21ClN6S/c1-2-14-19(21)18-16(24-14)6-12(7-17(18)27-8-10(22)9-27)28-11-3-4-13-15(5-11)25-26-20(13)23/h3-7,10,24H,2,8-9,22H2,1H3,(H3,23,25,26). The summed E-state index contributed by atoms with van der Waals surface area (Å²) >= 11 is 8.39. The molecule has 1 aliphatic heterocycles. The van der Waals surface area contributed by atoms with Crippen molar-refractivity contribution in [3.8, 4) is 0 Å². The normalized spacial score (nSPS) is 14.9. The molecule has 144 valence electrons. The van der Waals surface area contributed by atoms with Gasteiger partial charge in [0.1, 0.15) is 0 Å². The predicted octanol–water partition coefficient (Wildman–Crippen LogP) is 4.14. The molecule has 1 saturated heterocycles. The van der Waals surface area contributed by atoms with Gasteiger partial charge in [-0.3, -0.25) is 5.10 Å². The summed E-state index contributed by atoms with van der Waals surface area (Å²) in [5, 5.41) is 9.91. The smallest absolute Gasteiger partial charge is 0.153 e. The van der Waals surface area contributed by atoms with Crippen LogP contribution in [0.5, 0.6) is 0 Å². The number of aromatic amines is 2. The van der Waals surface area contributed by atoms with Crippen LogP contribution in [0.25, 0.3) is 21.8 Å². The molecule has 3 heterocycles. The molecule has 6 N–H and O–H groups in total. The second kappa shape index (κ2) is 6.62. The van der Waals surface area contributed by atoms with Crippen molar-refractivity contribution < 1.29 is 0 Å². The van der Waals surface area contributed by atoms with E-state index in [0.29, 0.717) is 5.82 Å². The van der Waals surface area contributed by atoms with Crippen molar-refractivity contribution in [2.24, 2.45) is 5.73 Å². The first-order valence-corrected chi connectivity index (χ1v) is 10.5. The van der Waals surface area contributed by atoms with E-state index in [1.165, 1.54) is 0 Å². The topological polar surface area (TPSA) is 99.8 Å². The number of nitrogen functional groups attached to an aromatic ring is 1. The highest BCUT2D eigenvalue weighted by atomic mass is 35.5. The van der Waals surface area contributed by atoms with Crippen molar-refractivity contribution in [3.05, 3.63) is 41.0 Å². The molecular weight excluding hydrogens is 392 g/mol. The molecule has 0 atom stereocenters. The summed E-state index contributed by atoms with van der Waals surface area (Å²) in [5.41, 5.74) is 16.1. The van der Waals surface area contributed by atoms with Crippen molar-refractivity contribution in [2.45, 2.75) is 29.2 Å². The summed E-state index contributed by atoms with van der Waals surface area (Å²) in [4.78, 5) is 8.06. The Morgan fingerprint density at radius 2 is 2.00 bits per heavy atom. The van der Waals surface area contributed by atoms with E-state index in [2.05, 4.69) is 51.3 Å². The van der Waals surface area contributed by atoms with E-state index in [0.717, 1.165) is 67.5 Å². The van der Waals surface area contributed by atoms with Gasteiger partial charge in [-0.15, -0.1) is 0 Å². The summed E-state index contributed by atoms with van der Waals surface area (Å²) in [6.07, 6.45) is 0.868. The predicted molar refractivity (Wildman–Crippen MR) is 118 cm³/mol. The van der Waals surface area contributed by atoms with Crippen LogP contribution < -0.4 is 16.4 Å². The number of nitrogens with one attached hydrogen (secondary N) is 2. The molecular formula is C20H21ClN6S. The summed E-state index contributed by atoms with van der Waals surface area (Å²) in [7, 11) is 0. The Labute approximate surface area is 171 Å². The van der Waals surface area contributed by atoms with Gasteiger partial charge in [-0.2, -0.15) is 5.10 Å². The van der Waals surface area contributed by atoms with E-state index < -0.39 is 0 Å². The maximum atomic E-state index is 6.69. The summed E-state index contributed by atoms with van der Waals surface area (Å²) < 4.78 is 0. The van der Waals surface area contributed by atoms with E-state index in [9.17, 15) is 0 Å². The number of anilines is 2. The molecule has 6 nitrogen and oxygen atoms in total. The third-order valence-corrected chi connectivity index (χ3v) is 6.64. The molecule has 4 aromatic rings. The molecule has 5 rings (SSSR count). The number of aromatic nitrogens is 3. The van der Waals surface area contributed by atoms with Gasteiger partial charge in [0, 0.05) is 51.1 Å². The number of nitrogens with two attached hydrogens (primary N) is 2. The molecule has 0 aliphatic carbocycles. The lowest BCUT2D eigenvalue weighted by atomic mass is 10.1. The van der Waals surface area contributed by atoms with Crippen LogP contribution in [0.2, 0.25) is 5.02 Å². The maximum Gasteiger partial charge on any atom is 0.153 e. The lowest BCUT2D eigenvalue weighted by molar-refractivity contribution is 0.520. The van der Waals surface area contributed by atoms with Crippen LogP contribution >= 0.6 is 23.4 Å². The van der Waals surface area contributed by atoms with Gasteiger partial charge in [-0.1, -0.05) is 30.3 Å². The Balaban J connectivity index is 1.58. The highest BCUT2D eigenvalue weighted by Gasteiger charge is 2.27. The van der Waals surface area contributed by atoms with Crippen molar-refractivity contribution in [2.75, 3.05) is 23.7 Å². The van der Waals surface area contributed by atoms with Crippen LogP contribution in [0.1, 0.15) is 12.6 Å². The Kier molecular flexibility index (Phi) is 4.19. The van der Waals surface area contributed by atoms with E-state index in [-0.39, 0.29) is 6.04 Å². The number of halogens is 1. The first kappa shape index (κ1) is 17.7.